The van der Waals surface area contributed by atoms with Gasteiger partial charge in [0.2, 0.25) is 28.4 Å². The van der Waals surface area contributed by atoms with Crippen molar-refractivity contribution in [1.29, 1.82) is 0 Å². The second-order valence-corrected chi connectivity index (χ2v) is 33.2. The Bertz CT molecular complexity index is 6590. The highest BCUT2D eigenvalue weighted by Crippen LogP contribution is 2.48. The number of hydrogen-bond acceptors (Lipinski definition) is 23. The Morgan fingerprint density at radius 1 is 0.442 bits per heavy atom. The molecule has 0 spiro atoms. The number of hydrogen-bond donors (Lipinski definition) is 8. The van der Waals surface area contributed by atoms with Gasteiger partial charge in [-0.1, -0.05) is 91.0 Å². The van der Waals surface area contributed by atoms with Gasteiger partial charge in [0, 0.05) is 88.1 Å². The Kier molecular flexibility index (Phi) is 19.6. The molecule has 0 atom stereocenters. The van der Waals surface area contributed by atoms with Crippen LogP contribution in [-0.4, -0.2) is 113 Å². The molecule has 16 rings (SSSR count). The number of nitrogens with zero attached hydrogens (tertiary/aromatic N) is 8. The Hall–Kier alpha value is -11.8. The van der Waals surface area contributed by atoms with Crippen molar-refractivity contribution >= 4 is 145 Å². The minimum atomic E-state index is -4.97. The number of fused-ring (bicyclic) bond motifs is 4. The summed E-state index contributed by atoms with van der Waals surface area (Å²) in [6.45, 7) is 0. The number of benzene rings is 8. The van der Waals surface area contributed by atoms with Gasteiger partial charge in [-0.2, -0.15) is 50.2 Å². The van der Waals surface area contributed by atoms with Crippen molar-refractivity contribution in [3.63, 3.8) is 0 Å². The van der Waals surface area contributed by atoms with Crippen molar-refractivity contribution in [2.24, 2.45) is 25.9 Å². The van der Waals surface area contributed by atoms with Crippen molar-refractivity contribution < 1.29 is 58.1 Å². The number of carbonyl (C=O) groups excluding carboxylic acids is 4. The molecule has 0 bridgehead atoms. The maximum atomic E-state index is 14.8. The first-order chi connectivity index (χ1) is 54.0. The summed E-state index contributed by atoms with van der Waals surface area (Å²) in [5, 5.41) is 16.4. The second-order valence-electron chi connectivity index (χ2n) is 28.4. The molecule has 0 unspecified atom stereocenters. The summed E-state index contributed by atoms with van der Waals surface area (Å²) in [7, 11) is -11.6. The Labute approximate surface area is 654 Å². The number of aromatic nitrogens is 8. The quantitative estimate of drug-likeness (QED) is 0.0245. The van der Waals surface area contributed by atoms with Crippen molar-refractivity contribution in [2.45, 2.75) is 91.0 Å². The summed E-state index contributed by atoms with van der Waals surface area (Å²) >= 11 is 13.1. The first kappa shape index (κ1) is 75.2. The van der Waals surface area contributed by atoms with Gasteiger partial charge in [-0.15, -0.1) is 0 Å². The van der Waals surface area contributed by atoms with Crippen LogP contribution in [0.1, 0.15) is 133 Å². The number of aryl methyl sites for hydroxylation is 2. The van der Waals surface area contributed by atoms with Gasteiger partial charge >= 0.3 is 0 Å². The summed E-state index contributed by atoms with van der Waals surface area (Å²) < 4.78 is 110. The lowest BCUT2D eigenvalue weighted by Gasteiger charge is -2.34. The molecule has 0 radical (unpaired) electrons. The monoisotopic (exact) mass is 1610 g/mol. The normalized spacial score (nSPS) is 16.6. The molecule has 8 N–H and O–H groups in total. The summed E-state index contributed by atoms with van der Waals surface area (Å²) in [4.78, 5) is 112. The third-order valence-electron chi connectivity index (χ3n) is 21.4. The highest BCUT2D eigenvalue weighted by atomic mass is 35.5. The molecule has 0 amide bonds. The molecule has 8 aromatic carbocycles. The van der Waals surface area contributed by atoms with E-state index in [1.807, 2.05) is 0 Å². The lowest BCUT2D eigenvalue weighted by molar-refractivity contribution is 0.102. The predicted molar refractivity (Wildman–Crippen MR) is 424 cm³/mol. The van der Waals surface area contributed by atoms with Crippen LogP contribution in [0.25, 0.3) is 44.1 Å². The molecule has 4 aliphatic carbocycles. The van der Waals surface area contributed by atoms with Gasteiger partial charge in [0.25, 0.3) is 41.5 Å². The molecule has 12 aromatic rings. The number of nitrogens with one attached hydrogen (secondary N) is 5. The van der Waals surface area contributed by atoms with Crippen LogP contribution < -0.4 is 37.7 Å². The highest BCUT2D eigenvalue weighted by molar-refractivity contribution is 7.86. The number of rotatable bonds is 21. The summed E-state index contributed by atoms with van der Waals surface area (Å²) in [6, 6.07) is 40.2. The largest absolute Gasteiger partial charge is 0.355 e. The second kappa shape index (κ2) is 29.4. The van der Waals surface area contributed by atoms with Gasteiger partial charge in [0.1, 0.15) is 10.7 Å². The number of anilines is 8. The fourth-order valence-electron chi connectivity index (χ4n) is 16.2. The molecule has 28 nitrogen and oxygen atoms in total. The van der Waals surface area contributed by atoms with Gasteiger partial charge in [-0.3, -0.25) is 42.4 Å². The molecule has 113 heavy (non-hydrogen) atoms. The van der Waals surface area contributed by atoms with Crippen LogP contribution in [0.4, 0.5) is 46.3 Å². The van der Waals surface area contributed by atoms with Crippen molar-refractivity contribution in [1.82, 2.24) is 39.0 Å². The summed E-state index contributed by atoms with van der Waals surface area (Å²) in [5.41, 5.74) is 1.04. The van der Waals surface area contributed by atoms with E-state index in [0.29, 0.717) is 50.8 Å². The Morgan fingerprint density at radius 2 is 0.912 bits per heavy atom. The molecule has 572 valence electrons. The molecular formula is C80H65Cl2N13O15S3. The van der Waals surface area contributed by atoms with E-state index < -0.39 is 79.1 Å². The molecule has 0 aliphatic heterocycles. The third kappa shape index (κ3) is 14.5. The first-order valence-corrected chi connectivity index (χ1v) is 40.9. The van der Waals surface area contributed by atoms with E-state index in [4.69, 9.17) is 23.2 Å². The van der Waals surface area contributed by atoms with Crippen LogP contribution in [0.2, 0.25) is 10.6 Å². The number of ketones is 4. The molecule has 4 heterocycles. The number of pyridine rings is 2. The van der Waals surface area contributed by atoms with E-state index in [9.17, 15) is 67.7 Å². The topological polar surface area (TPSA) is 413 Å². The molecule has 0 saturated heterocycles. The maximum absolute atomic E-state index is 14.8. The predicted octanol–water partition coefficient (Wildman–Crippen LogP) is 13.5. The number of halogens is 2. The fourth-order valence-corrected chi connectivity index (χ4v) is 18.3. The van der Waals surface area contributed by atoms with Crippen molar-refractivity contribution in [2.75, 3.05) is 26.6 Å². The third-order valence-corrected chi connectivity index (χ3v) is 24.4. The van der Waals surface area contributed by atoms with Gasteiger partial charge < -0.3 is 35.7 Å². The van der Waals surface area contributed by atoms with Gasteiger partial charge in [-0.25, -0.2) is 4.98 Å². The van der Waals surface area contributed by atoms with Crippen LogP contribution in [0.3, 0.4) is 0 Å². The van der Waals surface area contributed by atoms with E-state index in [2.05, 4.69) is 56.5 Å². The van der Waals surface area contributed by atoms with Gasteiger partial charge in [0.05, 0.1) is 60.1 Å². The average molecular weight is 1620 g/mol. The van der Waals surface area contributed by atoms with E-state index >= 15 is 0 Å². The van der Waals surface area contributed by atoms with E-state index in [1.165, 1.54) is 72.3 Å². The zero-order chi connectivity index (χ0) is 79.3. The van der Waals surface area contributed by atoms with Gasteiger partial charge in [-0.05, 0) is 182 Å². The van der Waals surface area contributed by atoms with Crippen LogP contribution in [0, 0.1) is 11.8 Å². The van der Waals surface area contributed by atoms with E-state index in [-0.39, 0.29) is 137 Å². The molecule has 2 saturated carbocycles. The van der Waals surface area contributed by atoms with Crippen LogP contribution in [0.15, 0.2) is 188 Å². The smallest absolute Gasteiger partial charge is 0.296 e. The SMILES string of the molecule is Cn1c(=O)c(C(=O)c2ccccc2)c2c3c(c(Nc4ccc(S(=O)(=O)O)c(Cc5nc(Cl)nc(NC6CCC(CC7CCC(Nc8nc(Cl)nc(Nc9ccc(S(=O)(=O)O)c(Nc%10ccc%11c%12c%10C(=O)c%10ccccc%10-c%12c(C(=O)c%10cccc(S(=O)(=O)O)c%10)c(=O)n%11C)c9)n8)CC7)CC6)n5)c4)ccc31)C(=O)c1ccccc1-2. The minimum Gasteiger partial charge on any atom is -0.355 e. The highest BCUT2D eigenvalue weighted by Gasteiger charge is 2.38. The molecule has 33 heteroatoms. The molecule has 2 fully saturated rings. The fraction of sp³-hybridized carbons (Fsp3) is 0.200. The molecule has 4 aliphatic rings. The minimum absolute atomic E-state index is 0.0122. The van der Waals surface area contributed by atoms with Crippen LogP contribution >= 0.6 is 23.2 Å². The Balaban J connectivity index is 0.566. The van der Waals surface area contributed by atoms with Crippen molar-refractivity contribution in [3.8, 4) is 22.3 Å². The summed E-state index contributed by atoms with van der Waals surface area (Å²) in [6.07, 6.45) is 7.69. The molecule has 4 aromatic heterocycles. The zero-order valence-corrected chi connectivity index (χ0v) is 63.7. The van der Waals surface area contributed by atoms with Crippen LogP contribution in [-0.2, 0) is 50.9 Å². The summed E-state index contributed by atoms with van der Waals surface area (Å²) in [5.74, 6) is -1.02. The molecular weight excluding hydrogens is 1550 g/mol. The van der Waals surface area contributed by atoms with E-state index in [1.54, 1.807) is 92.0 Å². The maximum Gasteiger partial charge on any atom is 0.296 e. The standard InChI is InChI=1S/C80H65Cl2N13O15S3/c1-94-57-31-29-54(64-66(57)62(50-15-6-8-17-52(50)72(64)98)68(74(94)100)70(96)42-11-4-3-5-12-42)83-47-27-33-59(112(105,106)107)44(36-47)38-61-88-76(81)90-78(89-61)84-45-23-19-40(20-24-45)35-41-21-25-46(26-22-41)85-79-91-77(82)92-80(93-79)86-48-28-34-60(113(108,109)110)56(39-48)87-55-30-32-58-67-63(51-16-7-9-18-53(51)73(99)65(55)67)69(75(101)95(58)2)71(97)43-13-10-14-49(37-43)111(102,103)104/h3-18,27-34,36-37,39-41,45-46,83,87H,19-26,35,38H2,1-2H3,(H,102,103,104)(H,105,106,107)(H,108,109,110)(H,84,88,89,90)(H2,85,86,91,92,93). The lowest BCUT2D eigenvalue weighted by Crippen LogP contribution is -2.30. The van der Waals surface area contributed by atoms with Crippen LogP contribution in [0.5, 0.6) is 0 Å². The zero-order valence-electron chi connectivity index (χ0n) is 59.8. The van der Waals surface area contributed by atoms with E-state index in [0.717, 1.165) is 80.6 Å². The average Bonchev–Trinajstić information content (AvgIpc) is 0.712. The van der Waals surface area contributed by atoms with Gasteiger partial charge in [0.15, 0.2) is 23.1 Å². The van der Waals surface area contributed by atoms with Crippen molar-refractivity contribution in [3.05, 3.63) is 251 Å². The number of carbonyl (C=O) groups is 4. The first-order valence-electron chi connectivity index (χ1n) is 35.8. The Morgan fingerprint density at radius 3 is 1.45 bits per heavy atom. The lowest BCUT2D eigenvalue weighted by atomic mass is 9.75.